The first-order valence-corrected chi connectivity index (χ1v) is 7.42. The van der Waals surface area contributed by atoms with Crippen LogP contribution < -0.4 is 5.32 Å². The Balaban J connectivity index is 2.36. The van der Waals surface area contributed by atoms with Crippen molar-refractivity contribution in [3.63, 3.8) is 0 Å². The summed E-state index contributed by atoms with van der Waals surface area (Å²) in [6, 6.07) is 1.91. The van der Waals surface area contributed by atoms with Crippen LogP contribution in [0.3, 0.4) is 0 Å². The van der Waals surface area contributed by atoms with Crippen LogP contribution in [0, 0.1) is 0 Å². The maximum absolute atomic E-state index is 5.14. The fourth-order valence-corrected chi connectivity index (χ4v) is 2.37. The number of nitrogens with zero attached hydrogens (tertiary/aromatic N) is 2. The number of hydrogen-bond donors (Lipinski definition) is 1. The van der Waals surface area contributed by atoms with Crippen molar-refractivity contribution in [3.05, 3.63) is 35.5 Å². The number of nitrogens with one attached hydrogen (secondary N) is 1. The molecule has 0 atom stereocenters. The van der Waals surface area contributed by atoms with Gasteiger partial charge in [0.1, 0.15) is 6.26 Å². The monoisotopic (exact) mass is 273 g/mol. The first-order valence-electron chi connectivity index (χ1n) is 7.42. The molecule has 1 N–H and O–H groups in total. The van der Waals surface area contributed by atoms with E-state index in [2.05, 4.69) is 26.1 Å². The Hall–Kier alpha value is -1.68. The molecule has 108 valence electrons. The molecule has 2 aromatic heterocycles. The molecule has 0 bridgehead atoms. The van der Waals surface area contributed by atoms with Crippen LogP contribution in [-0.2, 0) is 19.3 Å². The predicted molar refractivity (Wildman–Crippen MR) is 80.7 cm³/mol. The van der Waals surface area contributed by atoms with Gasteiger partial charge in [-0.15, -0.1) is 0 Å². The number of aromatic nitrogens is 2. The highest BCUT2D eigenvalue weighted by Gasteiger charge is 2.13. The van der Waals surface area contributed by atoms with Crippen molar-refractivity contribution in [3.8, 4) is 11.4 Å². The van der Waals surface area contributed by atoms with Gasteiger partial charge in [-0.05, 0) is 44.0 Å². The van der Waals surface area contributed by atoms with Crippen molar-refractivity contribution >= 4 is 0 Å². The summed E-state index contributed by atoms with van der Waals surface area (Å²) in [6.45, 7) is 8.40. The molecule has 0 amide bonds. The molecule has 0 aliphatic carbocycles. The van der Waals surface area contributed by atoms with Crippen molar-refractivity contribution in [1.29, 1.82) is 0 Å². The number of rotatable bonds is 7. The molecule has 0 unspecified atom stereocenters. The van der Waals surface area contributed by atoms with Crippen LogP contribution in [-0.4, -0.2) is 23.1 Å². The summed E-state index contributed by atoms with van der Waals surface area (Å²) < 4.78 is 5.14. The second-order valence-electron chi connectivity index (χ2n) is 4.74. The van der Waals surface area contributed by atoms with E-state index in [1.807, 2.05) is 6.07 Å². The molecule has 4 nitrogen and oxygen atoms in total. The van der Waals surface area contributed by atoms with Gasteiger partial charge in [-0.1, -0.05) is 20.8 Å². The van der Waals surface area contributed by atoms with Crippen molar-refractivity contribution in [1.82, 2.24) is 15.3 Å². The van der Waals surface area contributed by atoms with Crippen LogP contribution >= 0.6 is 0 Å². The quantitative estimate of drug-likeness (QED) is 0.788. The van der Waals surface area contributed by atoms with Gasteiger partial charge in [-0.25, -0.2) is 9.97 Å². The van der Waals surface area contributed by atoms with E-state index >= 15 is 0 Å². The van der Waals surface area contributed by atoms with Crippen LogP contribution in [0.4, 0.5) is 0 Å². The predicted octanol–water partition coefficient (Wildman–Crippen LogP) is 3.01. The topological polar surface area (TPSA) is 51.0 Å². The molecule has 0 saturated carbocycles. The lowest BCUT2D eigenvalue weighted by Crippen LogP contribution is -2.18. The van der Waals surface area contributed by atoms with Gasteiger partial charge >= 0.3 is 0 Å². The summed E-state index contributed by atoms with van der Waals surface area (Å²) in [5, 5.41) is 3.37. The van der Waals surface area contributed by atoms with E-state index in [0.29, 0.717) is 0 Å². The van der Waals surface area contributed by atoms with E-state index < -0.39 is 0 Å². The molecule has 0 aliphatic rings. The summed E-state index contributed by atoms with van der Waals surface area (Å²) in [6.07, 6.45) is 6.22. The molecule has 2 rings (SSSR count). The molecule has 2 aromatic rings. The Morgan fingerprint density at radius 1 is 1.10 bits per heavy atom. The van der Waals surface area contributed by atoms with Gasteiger partial charge in [0.05, 0.1) is 11.8 Å². The molecule has 0 aliphatic heterocycles. The van der Waals surface area contributed by atoms with E-state index in [4.69, 9.17) is 14.4 Å². The largest absolute Gasteiger partial charge is 0.472 e. The highest BCUT2D eigenvalue weighted by Crippen LogP contribution is 2.21. The number of likely N-dealkylation sites (N-methyl/N-ethyl adjacent to an activating group) is 1. The van der Waals surface area contributed by atoms with Crippen LogP contribution in [0.2, 0.25) is 0 Å². The third-order valence-corrected chi connectivity index (χ3v) is 3.43. The molecular formula is C16H23N3O. The molecule has 0 spiro atoms. The van der Waals surface area contributed by atoms with E-state index in [0.717, 1.165) is 55.1 Å². The zero-order valence-electron chi connectivity index (χ0n) is 12.6. The third-order valence-electron chi connectivity index (χ3n) is 3.43. The van der Waals surface area contributed by atoms with Crippen molar-refractivity contribution < 1.29 is 4.42 Å². The summed E-state index contributed by atoms with van der Waals surface area (Å²) in [7, 11) is 0. The maximum Gasteiger partial charge on any atom is 0.162 e. The van der Waals surface area contributed by atoms with Crippen molar-refractivity contribution in [2.24, 2.45) is 0 Å². The SMILES string of the molecule is CCNCCc1c(CC)nc(-c2ccoc2)nc1CC. The van der Waals surface area contributed by atoms with Gasteiger partial charge in [-0.3, -0.25) is 0 Å². The molecule has 0 radical (unpaired) electrons. The van der Waals surface area contributed by atoms with Crippen LogP contribution in [0.25, 0.3) is 11.4 Å². The Morgan fingerprint density at radius 2 is 1.80 bits per heavy atom. The minimum absolute atomic E-state index is 0.777. The molecule has 4 heteroatoms. The number of hydrogen-bond acceptors (Lipinski definition) is 4. The average molecular weight is 273 g/mol. The molecule has 0 aromatic carbocycles. The molecular weight excluding hydrogens is 250 g/mol. The normalized spacial score (nSPS) is 10.9. The Morgan fingerprint density at radius 3 is 2.30 bits per heavy atom. The summed E-state index contributed by atoms with van der Waals surface area (Å²) >= 11 is 0. The smallest absolute Gasteiger partial charge is 0.162 e. The number of aryl methyl sites for hydroxylation is 2. The van der Waals surface area contributed by atoms with E-state index in [9.17, 15) is 0 Å². The first-order chi connectivity index (χ1) is 9.80. The van der Waals surface area contributed by atoms with Crippen LogP contribution in [0.5, 0.6) is 0 Å². The van der Waals surface area contributed by atoms with Gasteiger partial charge in [-0.2, -0.15) is 0 Å². The standard InChI is InChI=1S/C16H23N3O/c1-4-14-13(7-9-17-6-3)15(5-2)19-16(18-14)12-8-10-20-11-12/h8,10-11,17H,4-7,9H2,1-3H3. The molecule has 0 saturated heterocycles. The lowest BCUT2D eigenvalue weighted by Gasteiger charge is -2.13. The summed E-state index contributed by atoms with van der Waals surface area (Å²) in [5.74, 6) is 0.777. The van der Waals surface area contributed by atoms with Crippen LogP contribution in [0.1, 0.15) is 37.7 Å². The Labute approximate surface area is 120 Å². The average Bonchev–Trinajstić information content (AvgIpc) is 3.01. The molecule has 0 fully saturated rings. The Bertz CT molecular complexity index is 510. The lowest BCUT2D eigenvalue weighted by atomic mass is 10.0. The second kappa shape index (κ2) is 7.20. The zero-order chi connectivity index (χ0) is 14.4. The van der Waals surface area contributed by atoms with Crippen molar-refractivity contribution in [2.75, 3.05) is 13.1 Å². The first kappa shape index (κ1) is 14.7. The maximum atomic E-state index is 5.14. The van der Waals surface area contributed by atoms with E-state index in [1.54, 1.807) is 12.5 Å². The Kier molecular flexibility index (Phi) is 5.30. The lowest BCUT2D eigenvalue weighted by molar-refractivity contribution is 0.568. The van der Waals surface area contributed by atoms with Gasteiger partial charge in [0.2, 0.25) is 0 Å². The fourth-order valence-electron chi connectivity index (χ4n) is 2.37. The minimum Gasteiger partial charge on any atom is -0.472 e. The second-order valence-corrected chi connectivity index (χ2v) is 4.74. The summed E-state index contributed by atoms with van der Waals surface area (Å²) in [5.41, 5.74) is 4.58. The fraction of sp³-hybridized carbons (Fsp3) is 0.500. The molecule has 2 heterocycles. The highest BCUT2D eigenvalue weighted by molar-refractivity contribution is 5.53. The van der Waals surface area contributed by atoms with Gasteiger partial charge in [0, 0.05) is 11.4 Å². The van der Waals surface area contributed by atoms with Gasteiger partial charge in [0.25, 0.3) is 0 Å². The van der Waals surface area contributed by atoms with E-state index in [1.165, 1.54) is 5.56 Å². The van der Waals surface area contributed by atoms with Gasteiger partial charge in [0.15, 0.2) is 5.82 Å². The summed E-state index contributed by atoms with van der Waals surface area (Å²) in [4.78, 5) is 9.44. The van der Waals surface area contributed by atoms with Crippen molar-refractivity contribution in [2.45, 2.75) is 40.0 Å². The highest BCUT2D eigenvalue weighted by atomic mass is 16.3. The number of furan rings is 1. The minimum atomic E-state index is 0.777. The van der Waals surface area contributed by atoms with E-state index in [-0.39, 0.29) is 0 Å². The molecule has 20 heavy (non-hydrogen) atoms. The van der Waals surface area contributed by atoms with Gasteiger partial charge < -0.3 is 9.73 Å². The zero-order valence-corrected chi connectivity index (χ0v) is 12.6. The third kappa shape index (κ3) is 3.25. The van der Waals surface area contributed by atoms with Crippen LogP contribution in [0.15, 0.2) is 23.0 Å².